The molecule has 1 rings (SSSR count). The quantitative estimate of drug-likeness (QED) is 0.766. The highest BCUT2D eigenvalue weighted by Crippen LogP contribution is 2.09. The smallest absolute Gasteiger partial charge is 0.326 e. The van der Waals surface area contributed by atoms with Gasteiger partial charge < -0.3 is 19.9 Å². The second-order valence-corrected chi connectivity index (χ2v) is 6.24. The maximum Gasteiger partial charge on any atom is 0.326 e. The summed E-state index contributed by atoms with van der Waals surface area (Å²) >= 11 is 0. The Balaban J connectivity index is 2.61. The lowest BCUT2D eigenvalue weighted by atomic mass is 10.1. The van der Waals surface area contributed by atoms with Gasteiger partial charge in [0.25, 0.3) is 5.91 Å². The maximum absolute atomic E-state index is 12.1. The number of carboxylic acids is 1. The van der Waals surface area contributed by atoms with Gasteiger partial charge in [0.1, 0.15) is 6.04 Å². The van der Waals surface area contributed by atoms with Crippen molar-refractivity contribution in [2.24, 2.45) is 0 Å². The average Bonchev–Trinajstić information content (AvgIpc) is 2.45. The fourth-order valence-corrected chi connectivity index (χ4v) is 1.90. The van der Waals surface area contributed by atoms with E-state index in [1.807, 2.05) is 20.8 Å². The first-order valence-electron chi connectivity index (χ1n) is 7.48. The Bertz CT molecular complexity index is 519. The van der Waals surface area contributed by atoms with E-state index in [9.17, 15) is 14.7 Å². The molecule has 0 spiro atoms. The normalized spacial score (nSPS) is 12.7. The molecule has 0 aliphatic rings. The number of carboxylic acid groups (broad SMARTS) is 1. The number of methoxy groups -OCH3 is 1. The van der Waals surface area contributed by atoms with Gasteiger partial charge in [0.2, 0.25) is 0 Å². The van der Waals surface area contributed by atoms with Crippen LogP contribution in [0, 0.1) is 0 Å². The van der Waals surface area contributed by atoms with Crippen LogP contribution >= 0.6 is 0 Å². The summed E-state index contributed by atoms with van der Waals surface area (Å²) in [6.45, 7) is 6.39. The fraction of sp³-hybridized carbons (Fsp3) is 0.529. The summed E-state index contributed by atoms with van der Waals surface area (Å²) in [6.07, 6.45) is 0.208. The van der Waals surface area contributed by atoms with Gasteiger partial charge in [-0.1, -0.05) is 12.1 Å². The Morgan fingerprint density at radius 1 is 1.22 bits per heavy atom. The number of hydrogen-bond donors (Lipinski definition) is 2. The predicted molar refractivity (Wildman–Crippen MR) is 86.4 cm³/mol. The number of ether oxygens (including phenoxy) is 2. The molecule has 1 amide bonds. The molecule has 0 heterocycles. The molecule has 23 heavy (non-hydrogen) atoms. The molecule has 1 aromatic rings. The van der Waals surface area contributed by atoms with Crippen LogP contribution in [0.3, 0.4) is 0 Å². The molecule has 6 heteroatoms. The number of rotatable bonds is 8. The molecule has 2 N–H and O–H groups in total. The number of aliphatic carboxylic acids is 1. The molecule has 0 aromatic heterocycles. The van der Waals surface area contributed by atoms with Crippen LogP contribution in [0.4, 0.5) is 0 Å². The SMILES string of the molecule is COCc1ccc(C(=O)NC(CCOC(C)(C)C)C(=O)O)cc1. The molecule has 1 aromatic carbocycles. The van der Waals surface area contributed by atoms with Crippen LogP contribution in [0.15, 0.2) is 24.3 Å². The van der Waals surface area contributed by atoms with E-state index in [1.165, 1.54) is 0 Å². The van der Waals surface area contributed by atoms with E-state index in [1.54, 1.807) is 31.4 Å². The first-order valence-corrected chi connectivity index (χ1v) is 7.48. The number of carbonyl (C=O) groups is 2. The van der Waals surface area contributed by atoms with Crippen LogP contribution in [0.2, 0.25) is 0 Å². The molecule has 128 valence electrons. The summed E-state index contributed by atoms with van der Waals surface area (Å²) in [5.74, 6) is -1.50. The summed E-state index contributed by atoms with van der Waals surface area (Å²) in [5.41, 5.74) is 1.01. The predicted octanol–water partition coefficient (Wildman–Crippen LogP) is 2.22. The number of hydrogen-bond acceptors (Lipinski definition) is 4. The highest BCUT2D eigenvalue weighted by atomic mass is 16.5. The Hall–Kier alpha value is -1.92. The van der Waals surface area contributed by atoms with Gasteiger partial charge >= 0.3 is 5.97 Å². The van der Waals surface area contributed by atoms with Crippen LogP contribution in [0.5, 0.6) is 0 Å². The molecule has 0 fully saturated rings. The Kier molecular flexibility index (Phi) is 7.19. The monoisotopic (exact) mass is 323 g/mol. The van der Waals surface area contributed by atoms with Gasteiger partial charge in [0, 0.05) is 25.7 Å². The van der Waals surface area contributed by atoms with E-state index in [0.717, 1.165) is 5.56 Å². The van der Waals surface area contributed by atoms with Crippen molar-refractivity contribution < 1.29 is 24.2 Å². The zero-order chi connectivity index (χ0) is 17.5. The van der Waals surface area contributed by atoms with Gasteiger partial charge in [0.15, 0.2) is 0 Å². The third-order valence-electron chi connectivity index (χ3n) is 3.07. The molecule has 0 aliphatic carbocycles. The topological polar surface area (TPSA) is 84.9 Å². The molecule has 0 saturated heterocycles. The third kappa shape index (κ3) is 7.25. The summed E-state index contributed by atoms with van der Waals surface area (Å²) < 4.78 is 10.5. The molecule has 0 aliphatic heterocycles. The van der Waals surface area contributed by atoms with Gasteiger partial charge in [-0.25, -0.2) is 4.79 Å². The minimum absolute atomic E-state index is 0.208. The maximum atomic E-state index is 12.1. The Morgan fingerprint density at radius 2 is 1.83 bits per heavy atom. The lowest BCUT2D eigenvalue weighted by Gasteiger charge is -2.21. The van der Waals surface area contributed by atoms with E-state index in [0.29, 0.717) is 12.2 Å². The molecule has 0 radical (unpaired) electrons. The number of benzene rings is 1. The molecule has 1 atom stereocenters. The van der Waals surface area contributed by atoms with Crippen molar-refractivity contribution in [3.8, 4) is 0 Å². The minimum Gasteiger partial charge on any atom is -0.480 e. The van der Waals surface area contributed by atoms with E-state index >= 15 is 0 Å². The van der Waals surface area contributed by atoms with Crippen molar-refractivity contribution in [2.45, 2.75) is 45.4 Å². The van der Waals surface area contributed by atoms with E-state index in [-0.39, 0.29) is 18.6 Å². The van der Waals surface area contributed by atoms with Crippen molar-refractivity contribution >= 4 is 11.9 Å². The van der Waals surface area contributed by atoms with Crippen LogP contribution in [-0.2, 0) is 20.9 Å². The van der Waals surface area contributed by atoms with Crippen LogP contribution in [-0.4, -0.2) is 42.3 Å². The molecule has 0 saturated carbocycles. The van der Waals surface area contributed by atoms with Crippen LogP contribution in [0.25, 0.3) is 0 Å². The Morgan fingerprint density at radius 3 is 2.30 bits per heavy atom. The summed E-state index contributed by atoms with van der Waals surface area (Å²) in [6, 6.07) is 5.86. The summed E-state index contributed by atoms with van der Waals surface area (Å²) in [4.78, 5) is 23.4. The van der Waals surface area contributed by atoms with Crippen molar-refractivity contribution in [3.63, 3.8) is 0 Å². The van der Waals surface area contributed by atoms with Gasteiger partial charge in [-0.2, -0.15) is 0 Å². The van der Waals surface area contributed by atoms with Gasteiger partial charge in [-0.15, -0.1) is 0 Å². The highest BCUT2D eigenvalue weighted by Gasteiger charge is 2.21. The largest absolute Gasteiger partial charge is 0.480 e. The first kappa shape index (κ1) is 19.1. The van der Waals surface area contributed by atoms with Crippen molar-refractivity contribution in [1.82, 2.24) is 5.32 Å². The van der Waals surface area contributed by atoms with E-state index < -0.39 is 17.9 Å². The molecular weight excluding hydrogens is 298 g/mol. The van der Waals surface area contributed by atoms with E-state index in [2.05, 4.69) is 5.32 Å². The third-order valence-corrected chi connectivity index (χ3v) is 3.07. The standard InChI is InChI=1S/C17H25NO5/c1-17(2,3)23-10-9-14(16(20)21)18-15(19)13-7-5-12(6-8-13)11-22-4/h5-8,14H,9-11H2,1-4H3,(H,18,19)(H,20,21). The lowest BCUT2D eigenvalue weighted by molar-refractivity contribution is -0.140. The van der Waals surface area contributed by atoms with Crippen LogP contribution < -0.4 is 5.32 Å². The molecular formula is C17H25NO5. The van der Waals surface area contributed by atoms with Gasteiger partial charge in [-0.3, -0.25) is 4.79 Å². The van der Waals surface area contributed by atoms with Crippen molar-refractivity contribution in [2.75, 3.05) is 13.7 Å². The van der Waals surface area contributed by atoms with E-state index in [4.69, 9.17) is 9.47 Å². The molecule has 0 bridgehead atoms. The van der Waals surface area contributed by atoms with Crippen molar-refractivity contribution in [1.29, 1.82) is 0 Å². The molecule has 6 nitrogen and oxygen atoms in total. The van der Waals surface area contributed by atoms with Gasteiger partial charge in [0.05, 0.1) is 12.2 Å². The zero-order valence-electron chi connectivity index (χ0n) is 14.1. The van der Waals surface area contributed by atoms with Crippen molar-refractivity contribution in [3.05, 3.63) is 35.4 Å². The average molecular weight is 323 g/mol. The summed E-state index contributed by atoms with van der Waals surface area (Å²) in [5, 5.41) is 11.7. The zero-order valence-corrected chi connectivity index (χ0v) is 14.1. The summed E-state index contributed by atoms with van der Waals surface area (Å²) in [7, 11) is 1.59. The second kappa shape index (κ2) is 8.64. The number of nitrogens with one attached hydrogen (secondary N) is 1. The minimum atomic E-state index is -1.08. The lowest BCUT2D eigenvalue weighted by Crippen LogP contribution is -2.42. The Labute approximate surface area is 136 Å². The second-order valence-electron chi connectivity index (χ2n) is 6.24. The number of carbonyl (C=O) groups excluding carboxylic acids is 1. The fourth-order valence-electron chi connectivity index (χ4n) is 1.90. The van der Waals surface area contributed by atoms with Crippen LogP contribution in [0.1, 0.15) is 43.1 Å². The molecule has 1 unspecified atom stereocenters. The van der Waals surface area contributed by atoms with Gasteiger partial charge in [-0.05, 0) is 38.5 Å². The first-order chi connectivity index (χ1) is 10.7. The number of amides is 1. The highest BCUT2D eigenvalue weighted by molar-refractivity contribution is 5.96.